The van der Waals surface area contributed by atoms with Gasteiger partial charge in [-0.05, 0) is 12.8 Å². The molecule has 1 aliphatic rings. The zero-order valence-electron chi connectivity index (χ0n) is 9.17. The van der Waals surface area contributed by atoms with Crippen LogP contribution in [0.3, 0.4) is 0 Å². The molecule has 0 spiro atoms. The first-order valence-corrected chi connectivity index (χ1v) is 5.55. The molecule has 0 amide bonds. The van der Waals surface area contributed by atoms with Crippen molar-refractivity contribution in [3.8, 4) is 0 Å². The third-order valence-corrected chi connectivity index (χ3v) is 3.02. The van der Waals surface area contributed by atoms with Crippen molar-refractivity contribution in [2.24, 2.45) is 5.73 Å². The van der Waals surface area contributed by atoms with Crippen LogP contribution in [0, 0.1) is 0 Å². The smallest absolute Gasteiger partial charge is 0.278 e. The van der Waals surface area contributed by atoms with E-state index in [9.17, 15) is 4.79 Å². The quantitative estimate of drug-likeness (QED) is 0.748. The number of nitrogens with zero attached hydrogens (tertiary/aromatic N) is 3. The summed E-state index contributed by atoms with van der Waals surface area (Å²) < 4.78 is 7.54. The lowest BCUT2D eigenvalue weighted by Gasteiger charge is -2.13. The predicted octanol–water partition coefficient (Wildman–Crippen LogP) is -0.244. The van der Waals surface area contributed by atoms with E-state index >= 15 is 0 Å². The Hall–Kier alpha value is -1.73. The molecule has 1 fully saturated rings. The number of fused-ring (bicyclic) bond motifs is 1. The number of H-pyrrole nitrogens is 1. The molecular formula is C10H13N5O2. The molecule has 7 heteroatoms. The van der Waals surface area contributed by atoms with Gasteiger partial charge >= 0.3 is 0 Å². The molecule has 0 saturated carbocycles. The minimum absolute atomic E-state index is 0.0828. The number of nitrogens with two attached hydrogens (primary N) is 1. The number of hydrogen-bond acceptors (Lipinski definition) is 5. The van der Waals surface area contributed by atoms with Gasteiger partial charge in [-0.25, -0.2) is 9.97 Å². The molecule has 7 nitrogen and oxygen atoms in total. The second-order valence-electron chi connectivity index (χ2n) is 4.08. The van der Waals surface area contributed by atoms with E-state index in [2.05, 4.69) is 15.0 Å². The summed E-state index contributed by atoms with van der Waals surface area (Å²) in [4.78, 5) is 22.2. The van der Waals surface area contributed by atoms with Gasteiger partial charge in [0, 0.05) is 6.54 Å². The molecule has 3 heterocycles. The molecule has 0 aromatic carbocycles. The zero-order chi connectivity index (χ0) is 11.8. The Morgan fingerprint density at radius 1 is 1.53 bits per heavy atom. The average molecular weight is 235 g/mol. The lowest BCUT2D eigenvalue weighted by Crippen LogP contribution is -2.20. The van der Waals surface area contributed by atoms with Gasteiger partial charge in [0.1, 0.15) is 6.23 Å². The van der Waals surface area contributed by atoms with Gasteiger partial charge in [0.05, 0.1) is 18.8 Å². The fraction of sp³-hybridized carbons (Fsp3) is 0.500. The van der Waals surface area contributed by atoms with Gasteiger partial charge in [0.2, 0.25) is 0 Å². The van der Waals surface area contributed by atoms with Crippen molar-refractivity contribution in [1.82, 2.24) is 19.5 Å². The Labute approximate surface area is 96.6 Å². The average Bonchev–Trinajstić information content (AvgIpc) is 2.94. The first kappa shape index (κ1) is 10.4. The molecular weight excluding hydrogens is 222 g/mol. The summed E-state index contributed by atoms with van der Waals surface area (Å²) in [6.45, 7) is 0.511. The predicted molar refractivity (Wildman–Crippen MR) is 60.3 cm³/mol. The van der Waals surface area contributed by atoms with Crippen molar-refractivity contribution in [2.45, 2.75) is 25.2 Å². The van der Waals surface area contributed by atoms with Gasteiger partial charge in [-0.3, -0.25) is 9.36 Å². The summed E-state index contributed by atoms with van der Waals surface area (Å²) in [5.41, 5.74) is 6.22. The summed E-state index contributed by atoms with van der Waals surface area (Å²) in [6, 6.07) is 0. The van der Waals surface area contributed by atoms with Crippen LogP contribution in [-0.2, 0) is 4.74 Å². The molecule has 17 heavy (non-hydrogen) atoms. The number of hydrogen-bond donors (Lipinski definition) is 2. The van der Waals surface area contributed by atoms with Crippen LogP contribution in [-0.4, -0.2) is 32.2 Å². The standard InChI is InChI=1S/C10H13N5O2/c11-3-6-1-2-7(17-6)15-5-14-8-9(15)12-4-13-10(8)16/h4-7H,1-3,11H2,(H,12,13,16). The van der Waals surface area contributed by atoms with Crippen molar-refractivity contribution < 1.29 is 4.74 Å². The topological polar surface area (TPSA) is 98.8 Å². The van der Waals surface area contributed by atoms with E-state index in [-0.39, 0.29) is 17.9 Å². The van der Waals surface area contributed by atoms with Gasteiger partial charge < -0.3 is 15.5 Å². The second kappa shape index (κ2) is 3.94. The van der Waals surface area contributed by atoms with Crippen molar-refractivity contribution in [2.75, 3.05) is 6.54 Å². The van der Waals surface area contributed by atoms with E-state index < -0.39 is 0 Å². The molecule has 1 aliphatic heterocycles. The van der Waals surface area contributed by atoms with Crippen LogP contribution in [0.15, 0.2) is 17.4 Å². The zero-order valence-corrected chi connectivity index (χ0v) is 9.17. The number of nitrogens with one attached hydrogen (secondary N) is 1. The molecule has 3 N–H and O–H groups in total. The highest BCUT2D eigenvalue weighted by atomic mass is 16.5. The Kier molecular flexibility index (Phi) is 2.41. The largest absolute Gasteiger partial charge is 0.353 e. The fourth-order valence-corrected chi connectivity index (χ4v) is 2.14. The molecule has 2 aromatic heterocycles. The molecule has 2 atom stereocenters. The van der Waals surface area contributed by atoms with E-state index in [4.69, 9.17) is 10.5 Å². The summed E-state index contributed by atoms with van der Waals surface area (Å²) in [5.74, 6) is 0. The monoisotopic (exact) mass is 235 g/mol. The summed E-state index contributed by atoms with van der Waals surface area (Å²) >= 11 is 0. The summed E-state index contributed by atoms with van der Waals surface area (Å²) in [5, 5.41) is 0. The lowest BCUT2D eigenvalue weighted by atomic mass is 10.2. The maximum Gasteiger partial charge on any atom is 0.278 e. The van der Waals surface area contributed by atoms with E-state index in [0.717, 1.165) is 12.8 Å². The third-order valence-electron chi connectivity index (χ3n) is 3.02. The molecule has 0 radical (unpaired) electrons. The van der Waals surface area contributed by atoms with Crippen LogP contribution >= 0.6 is 0 Å². The number of imidazole rings is 1. The Bertz CT molecular complexity index is 590. The van der Waals surface area contributed by atoms with Gasteiger partial charge in [-0.2, -0.15) is 0 Å². The molecule has 3 rings (SSSR count). The molecule has 90 valence electrons. The highest BCUT2D eigenvalue weighted by Crippen LogP contribution is 2.29. The van der Waals surface area contributed by atoms with E-state index in [1.54, 1.807) is 10.9 Å². The van der Waals surface area contributed by atoms with Gasteiger partial charge in [-0.15, -0.1) is 0 Å². The normalized spacial score (nSPS) is 24.5. The number of aromatic amines is 1. The van der Waals surface area contributed by atoms with Crippen LogP contribution in [0.5, 0.6) is 0 Å². The molecule has 0 aliphatic carbocycles. The van der Waals surface area contributed by atoms with Crippen LogP contribution in [0.2, 0.25) is 0 Å². The SMILES string of the molecule is NCC1CCC(n2cnc3c(=O)[nH]cnc32)O1. The van der Waals surface area contributed by atoms with Crippen molar-refractivity contribution >= 4 is 11.2 Å². The Morgan fingerprint density at radius 3 is 3.18 bits per heavy atom. The van der Waals surface area contributed by atoms with E-state index in [1.807, 2.05) is 0 Å². The van der Waals surface area contributed by atoms with Crippen molar-refractivity contribution in [1.29, 1.82) is 0 Å². The molecule has 1 saturated heterocycles. The Balaban J connectivity index is 2.02. The Morgan fingerprint density at radius 2 is 2.41 bits per heavy atom. The van der Waals surface area contributed by atoms with Crippen molar-refractivity contribution in [3.05, 3.63) is 23.0 Å². The first-order chi connectivity index (χ1) is 8.29. The van der Waals surface area contributed by atoms with E-state index in [0.29, 0.717) is 17.7 Å². The maximum absolute atomic E-state index is 11.5. The van der Waals surface area contributed by atoms with Gasteiger partial charge in [-0.1, -0.05) is 0 Å². The van der Waals surface area contributed by atoms with Gasteiger partial charge in [0.15, 0.2) is 11.2 Å². The maximum atomic E-state index is 11.5. The highest BCUT2D eigenvalue weighted by Gasteiger charge is 2.27. The second-order valence-corrected chi connectivity index (χ2v) is 4.08. The minimum Gasteiger partial charge on any atom is -0.353 e. The van der Waals surface area contributed by atoms with Gasteiger partial charge in [0.25, 0.3) is 5.56 Å². The summed E-state index contributed by atoms with van der Waals surface area (Å²) in [7, 11) is 0. The fourth-order valence-electron chi connectivity index (χ4n) is 2.14. The van der Waals surface area contributed by atoms with Crippen LogP contribution in [0.1, 0.15) is 19.1 Å². The van der Waals surface area contributed by atoms with Crippen LogP contribution in [0.25, 0.3) is 11.2 Å². The minimum atomic E-state index is -0.234. The highest BCUT2D eigenvalue weighted by molar-refractivity contribution is 5.68. The van der Waals surface area contributed by atoms with E-state index in [1.165, 1.54) is 6.33 Å². The third kappa shape index (κ3) is 1.63. The number of rotatable bonds is 2. The molecule has 0 bridgehead atoms. The summed E-state index contributed by atoms with van der Waals surface area (Å²) in [6.07, 6.45) is 4.71. The van der Waals surface area contributed by atoms with Crippen molar-refractivity contribution in [3.63, 3.8) is 0 Å². The molecule has 2 aromatic rings. The molecule has 2 unspecified atom stereocenters. The van der Waals surface area contributed by atoms with Crippen LogP contribution in [0.4, 0.5) is 0 Å². The number of aromatic nitrogens is 4. The lowest BCUT2D eigenvalue weighted by molar-refractivity contribution is 0.00866. The number of ether oxygens (including phenoxy) is 1. The van der Waals surface area contributed by atoms with Crippen LogP contribution < -0.4 is 11.3 Å². The first-order valence-electron chi connectivity index (χ1n) is 5.55.